The molecule has 2 amide bonds. The molecule has 1 atom stereocenters. The summed E-state index contributed by atoms with van der Waals surface area (Å²) in [6.07, 6.45) is 4.84. The molecule has 0 bridgehead atoms. The minimum absolute atomic E-state index is 0.0807. The van der Waals surface area contributed by atoms with Crippen LogP contribution in [-0.4, -0.2) is 35.4 Å². The molecule has 0 aromatic heterocycles. The smallest absolute Gasteiger partial charge is 0.261 e. The van der Waals surface area contributed by atoms with Crippen LogP contribution in [0, 0.1) is 6.92 Å². The van der Waals surface area contributed by atoms with Gasteiger partial charge in [-0.05, 0) is 61.6 Å². The number of ether oxygens (including phenoxy) is 1. The highest BCUT2D eigenvalue weighted by atomic mass is 35.5. The van der Waals surface area contributed by atoms with Crippen LogP contribution in [0.4, 0.5) is 0 Å². The fourth-order valence-electron chi connectivity index (χ4n) is 4.02. The zero-order chi connectivity index (χ0) is 22.2. The summed E-state index contributed by atoms with van der Waals surface area (Å²) in [7, 11) is 0. The fraction of sp³-hybridized carbons (Fsp3) is 0.440. The molecular weight excluding hydrogens is 412 g/mol. The summed E-state index contributed by atoms with van der Waals surface area (Å²) in [4.78, 5) is 28.0. The highest BCUT2D eigenvalue weighted by Crippen LogP contribution is 2.20. The Morgan fingerprint density at radius 3 is 2.45 bits per heavy atom. The van der Waals surface area contributed by atoms with Gasteiger partial charge < -0.3 is 15.0 Å². The van der Waals surface area contributed by atoms with Crippen molar-refractivity contribution in [2.45, 2.75) is 64.6 Å². The number of rotatable bonds is 9. The maximum atomic E-state index is 13.2. The first-order chi connectivity index (χ1) is 15.0. The molecule has 2 aromatic carbocycles. The van der Waals surface area contributed by atoms with Gasteiger partial charge in [0, 0.05) is 17.6 Å². The molecule has 0 saturated heterocycles. The van der Waals surface area contributed by atoms with Crippen molar-refractivity contribution in [1.82, 2.24) is 10.2 Å². The molecule has 2 aromatic rings. The molecule has 1 fully saturated rings. The van der Waals surface area contributed by atoms with E-state index >= 15 is 0 Å². The van der Waals surface area contributed by atoms with E-state index < -0.39 is 6.04 Å². The summed E-state index contributed by atoms with van der Waals surface area (Å²) in [5, 5.41) is 3.76. The number of hydrogen-bond donors (Lipinski definition) is 1. The normalized spacial score (nSPS) is 14.8. The largest absolute Gasteiger partial charge is 0.484 e. The zero-order valence-corrected chi connectivity index (χ0v) is 19.0. The first kappa shape index (κ1) is 23.1. The number of amides is 2. The van der Waals surface area contributed by atoms with E-state index in [-0.39, 0.29) is 24.5 Å². The Morgan fingerprint density at radius 2 is 1.81 bits per heavy atom. The summed E-state index contributed by atoms with van der Waals surface area (Å²) in [6.45, 7) is 4.19. The van der Waals surface area contributed by atoms with E-state index in [0.717, 1.165) is 36.8 Å². The van der Waals surface area contributed by atoms with Gasteiger partial charge in [-0.2, -0.15) is 0 Å². The maximum Gasteiger partial charge on any atom is 0.261 e. The van der Waals surface area contributed by atoms with Crippen molar-refractivity contribution < 1.29 is 14.3 Å². The number of hydrogen-bond acceptors (Lipinski definition) is 3. The molecule has 3 rings (SSSR count). The van der Waals surface area contributed by atoms with E-state index in [1.807, 2.05) is 38.1 Å². The predicted molar refractivity (Wildman–Crippen MR) is 123 cm³/mol. The van der Waals surface area contributed by atoms with Crippen molar-refractivity contribution in [2.75, 3.05) is 6.61 Å². The Balaban J connectivity index is 1.76. The van der Waals surface area contributed by atoms with Crippen molar-refractivity contribution in [3.05, 3.63) is 64.7 Å². The summed E-state index contributed by atoms with van der Waals surface area (Å²) in [5.74, 6) is 0.270. The van der Waals surface area contributed by atoms with Crippen LogP contribution >= 0.6 is 11.6 Å². The van der Waals surface area contributed by atoms with Gasteiger partial charge in [0.05, 0.1) is 0 Å². The van der Waals surface area contributed by atoms with E-state index in [9.17, 15) is 9.59 Å². The van der Waals surface area contributed by atoms with E-state index in [2.05, 4.69) is 5.32 Å². The number of carbonyl (C=O) groups excluding carboxylic acids is 2. The first-order valence-electron chi connectivity index (χ1n) is 11.0. The molecule has 0 aliphatic heterocycles. The zero-order valence-electron chi connectivity index (χ0n) is 18.3. The van der Waals surface area contributed by atoms with Gasteiger partial charge in [0.15, 0.2) is 6.61 Å². The van der Waals surface area contributed by atoms with E-state index in [1.54, 1.807) is 29.2 Å². The van der Waals surface area contributed by atoms with Crippen molar-refractivity contribution in [3.63, 3.8) is 0 Å². The van der Waals surface area contributed by atoms with Crippen LogP contribution in [0.3, 0.4) is 0 Å². The van der Waals surface area contributed by atoms with Crippen molar-refractivity contribution in [3.8, 4) is 5.75 Å². The lowest BCUT2D eigenvalue weighted by Gasteiger charge is -2.31. The highest BCUT2D eigenvalue weighted by Gasteiger charge is 2.31. The van der Waals surface area contributed by atoms with Crippen molar-refractivity contribution in [2.24, 2.45) is 0 Å². The second-order valence-electron chi connectivity index (χ2n) is 8.10. The van der Waals surface area contributed by atoms with E-state index in [1.165, 1.54) is 0 Å². The minimum atomic E-state index is -0.540. The molecule has 1 N–H and O–H groups in total. The Kier molecular flexibility index (Phi) is 8.35. The molecule has 0 radical (unpaired) electrons. The number of halogens is 1. The molecule has 5 nitrogen and oxygen atoms in total. The minimum Gasteiger partial charge on any atom is -0.484 e. The topological polar surface area (TPSA) is 58.6 Å². The average molecular weight is 443 g/mol. The number of nitrogens with one attached hydrogen (secondary N) is 1. The molecule has 1 saturated carbocycles. The van der Waals surface area contributed by atoms with E-state index in [0.29, 0.717) is 23.7 Å². The maximum absolute atomic E-state index is 13.2. The lowest BCUT2D eigenvalue weighted by Crippen LogP contribution is -2.52. The van der Waals surface area contributed by atoms with Crippen LogP contribution in [0.25, 0.3) is 0 Å². The van der Waals surface area contributed by atoms with Gasteiger partial charge in [-0.3, -0.25) is 9.59 Å². The van der Waals surface area contributed by atoms with Crippen LogP contribution in [0.15, 0.2) is 48.5 Å². The fourth-order valence-corrected chi connectivity index (χ4v) is 4.14. The lowest BCUT2D eigenvalue weighted by molar-refractivity contribution is -0.143. The first-order valence-corrected chi connectivity index (χ1v) is 11.4. The van der Waals surface area contributed by atoms with Crippen molar-refractivity contribution in [1.29, 1.82) is 0 Å². The van der Waals surface area contributed by atoms with Gasteiger partial charge in [0.1, 0.15) is 11.8 Å². The van der Waals surface area contributed by atoms with Gasteiger partial charge in [-0.15, -0.1) is 0 Å². The van der Waals surface area contributed by atoms with Gasteiger partial charge in [0.2, 0.25) is 5.91 Å². The molecule has 6 heteroatoms. The van der Waals surface area contributed by atoms with Gasteiger partial charge in [0.25, 0.3) is 5.91 Å². The van der Waals surface area contributed by atoms with Crippen LogP contribution in [0.2, 0.25) is 5.02 Å². The molecular formula is C25H31ClN2O3. The number of carbonyl (C=O) groups is 2. The summed E-state index contributed by atoms with van der Waals surface area (Å²) >= 11 is 5.92. The quantitative estimate of drug-likeness (QED) is 0.601. The molecule has 0 unspecified atom stereocenters. The third-order valence-electron chi connectivity index (χ3n) is 5.87. The second-order valence-corrected chi connectivity index (χ2v) is 8.54. The number of aryl methyl sites for hydroxylation is 1. The third-order valence-corrected chi connectivity index (χ3v) is 6.12. The average Bonchev–Trinajstić information content (AvgIpc) is 3.27. The third kappa shape index (κ3) is 6.47. The SMILES string of the molecule is CC[C@H](C(=O)NC1CCCC1)N(Cc1ccccc1C)C(=O)COc1ccc(Cl)cc1. The molecule has 166 valence electrons. The summed E-state index contributed by atoms with van der Waals surface area (Å²) in [6, 6.07) is 14.5. The second kappa shape index (κ2) is 11.2. The Morgan fingerprint density at radius 1 is 1.13 bits per heavy atom. The summed E-state index contributed by atoms with van der Waals surface area (Å²) < 4.78 is 5.70. The lowest BCUT2D eigenvalue weighted by atomic mass is 10.1. The standard InChI is InChI=1S/C25H31ClN2O3/c1-3-23(25(30)27-21-10-6-7-11-21)28(16-19-9-5-4-8-18(19)2)24(29)17-31-22-14-12-20(26)13-15-22/h4-5,8-9,12-15,21,23H,3,6-7,10-11,16-17H2,1-2H3,(H,27,30)/t23-/m1/s1. The van der Waals surface area contributed by atoms with Crippen LogP contribution in [0.5, 0.6) is 5.75 Å². The highest BCUT2D eigenvalue weighted by molar-refractivity contribution is 6.30. The van der Waals surface area contributed by atoms with Crippen LogP contribution in [0.1, 0.15) is 50.2 Å². The summed E-state index contributed by atoms with van der Waals surface area (Å²) in [5.41, 5.74) is 2.11. The molecule has 0 spiro atoms. The van der Waals surface area contributed by atoms with Crippen molar-refractivity contribution >= 4 is 23.4 Å². The predicted octanol–water partition coefficient (Wildman–Crippen LogP) is 4.89. The van der Waals surface area contributed by atoms with Crippen LogP contribution < -0.4 is 10.1 Å². The Labute approximate surface area is 189 Å². The monoisotopic (exact) mass is 442 g/mol. The Bertz CT molecular complexity index is 879. The van der Waals surface area contributed by atoms with Gasteiger partial charge in [-0.1, -0.05) is 55.6 Å². The molecule has 1 aliphatic rings. The van der Waals surface area contributed by atoms with Gasteiger partial charge >= 0.3 is 0 Å². The molecule has 0 heterocycles. The Hall–Kier alpha value is -2.53. The van der Waals surface area contributed by atoms with Crippen LogP contribution in [-0.2, 0) is 16.1 Å². The number of nitrogens with zero attached hydrogens (tertiary/aromatic N) is 1. The van der Waals surface area contributed by atoms with Gasteiger partial charge in [-0.25, -0.2) is 0 Å². The van der Waals surface area contributed by atoms with E-state index in [4.69, 9.17) is 16.3 Å². The molecule has 31 heavy (non-hydrogen) atoms. The number of benzene rings is 2. The molecule has 1 aliphatic carbocycles.